The molecule has 7 heteroatoms. The molecule has 1 unspecified atom stereocenters. The summed E-state index contributed by atoms with van der Waals surface area (Å²) in [5, 5.41) is 9.77. The number of benzene rings is 2. The quantitative estimate of drug-likeness (QED) is 0.683. The second-order valence-electron chi connectivity index (χ2n) is 6.28. The van der Waals surface area contributed by atoms with Crippen LogP contribution in [0, 0.1) is 11.3 Å². The van der Waals surface area contributed by atoms with Crippen molar-refractivity contribution < 1.29 is 8.42 Å². The van der Waals surface area contributed by atoms with Crippen LogP contribution in [-0.2, 0) is 10.0 Å². The molecule has 1 aromatic heterocycles. The van der Waals surface area contributed by atoms with E-state index in [1.807, 2.05) is 30.3 Å². The fourth-order valence-corrected chi connectivity index (χ4v) is 6.15. The lowest BCUT2D eigenvalue weighted by Gasteiger charge is -2.33. The molecule has 1 aliphatic rings. The Bertz CT molecular complexity index is 1050. The van der Waals surface area contributed by atoms with Crippen molar-refractivity contribution in [1.82, 2.24) is 9.29 Å². The number of piperidine rings is 1. The van der Waals surface area contributed by atoms with Gasteiger partial charge in [0.25, 0.3) is 0 Å². The Kier molecular flexibility index (Phi) is 4.49. The SMILES string of the molecule is N#Cc1ccc(S(=O)(=O)N2CCCCC2c2nc3ccccc3s2)cc1. The van der Waals surface area contributed by atoms with E-state index in [0.717, 1.165) is 34.5 Å². The molecule has 0 bridgehead atoms. The Morgan fingerprint density at radius 1 is 1.12 bits per heavy atom. The van der Waals surface area contributed by atoms with Gasteiger partial charge < -0.3 is 0 Å². The highest BCUT2D eigenvalue weighted by molar-refractivity contribution is 7.89. The highest BCUT2D eigenvalue weighted by Crippen LogP contribution is 2.38. The largest absolute Gasteiger partial charge is 0.243 e. The van der Waals surface area contributed by atoms with Gasteiger partial charge in [0.2, 0.25) is 10.0 Å². The van der Waals surface area contributed by atoms with E-state index in [0.29, 0.717) is 12.1 Å². The normalized spacial score (nSPS) is 18.7. The molecule has 4 rings (SSSR count). The third-order valence-electron chi connectivity index (χ3n) is 4.64. The van der Waals surface area contributed by atoms with Gasteiger partial charge in [-0.1, -0.05) is 18.6 Å². The molecule has 2 aromatic carbocycles. The van der Waals surface area contributed by atoms with Crippen molar-refractivity contribution in [2.45, 2.75) is 30.2 Å². The number of nitriles is 1. The number of nitrogens with zero attached hydrogens (tertiary/aromatic N) is 3. The molecule has 2 heterocycles. The van der Waals surface area contributed by atoms with Gasteiger partial charge in [-0.2, -0.15) is 9.57 Å². The Morgan fingerprint density at radius 2 is 1.88 bits per heavy atom. The third-order valence-corrected chi connectivity index (χ3v) is 7.70. The van der Waals surface area contributed by atoms with Crippen molar-refractivity contribution in [3.8, 4) is 6.07 Å². The van der Waals surface area contributed by atoms with Crippen molar-refractivity contribution in [3.63, 3.8) is 0 Å². The first kappa shape index (κ1) is 17.2. The summed E-state index contributed by atoms with van der Waals surface area (Å²) in [6, 6.07) is 15.8. The molecule has 26 heavy (non-hydrogen) atoms. The van der Waals surface area contributed by atoms with E-state index in [9.17, 15) is 8.42 Å². The minimum Gasteiger partial charge on any atom is -0.239 e. The smallest absolute Gasteiger partial charge is 0.239 e. The molecule has 0 N–H and O–H groups in total. The van der Waals surface area contributed by atoms with Gasteiger partial charge in [-0.25, -0.2) is 13.4 Å². The molecular weight excluding hydrogens is 366 g/mol. The topological polar surface area (TPSA) is 74.1 Å². The molecule has 0 aliphatic carbocycles. The van der Waals surface area contributed by atoms with Gasteiger partial charge in [-0.15, -0.1) is 11.3 Å². The van der Waals surface area contributed by atoms with E-state index < -0.39 is 10.0 Å². The van der Waals surface area contributed by atoms with Gasteiger partial charge in [0, 0.05) is 6.54 Å². The Hall–Kier alpha value is -2.27. The molecule has 5 nitrogen and oxygen atoms in total. The Labute approximate surface area is 156 Å². The molecular formula is C19H17N3O2S2. The molecule has 3 aromatic rings. The second kappa shape index (κ2) is 6.80. The van der Waals surface area contributed by atoms with Gasteiger partial charge in [0.15, 0.2) is 0 Å². The van der Waals surface area contributed by atoms with Crippen LogP contribution in [0.15, 0.2) is 53.4 Å². The summed E-state index contributed by atoms with van der Waals surface area (Å²) >= 11 is 1.56. The van der Waals surface area contributed by atoms with E-state index >= 15 is 0 Å². The zero-order chi connectivity index (χ0) is 18.1. The maximum Gasteiger partial charge on any atom is 0.243 e. The van der Waals surface area contributed by atoms with Crippen LogP contribution in [0.2, 0.25) is 0 Å². The number of rotatable bonds is 3. The first-order valence-electron chi connectivity index (χ1n) is 8.47. The van der Waals surface area contributed by atoms with Gasteiger partial charge in [0.1, 0.15) is 5.01 Å². The summed E-state index contributed by atoms with van der Waals surface area (Å²) < 4.78 is 29.1. The predicted octanol–water partition coefficient (Wildman–Crippen LogP) is 4.08. The van der Waals surface area contributed by atoms with E-state index in [1.165, 1.54) is 12.1 Å². The molecule has 1 saturated heterocycles. The van der Waals surface area contributed by atoms with Crippen LogP contribution < -0.4 is 0 Å². The molecule has 1 fully saturated rings. The summed E-state index contributed by atoms with van der Waals surface area (Å²) in [6.07, 6.45) is 2.60. The fourth-order valence-electron chi connectivity index (χ4n) is 3.31. The molecule has 0 saturated carbocycles. The lowest BCUT2D eigenvalue weighted by Crippen LogP contribution is -2.38. The molecule has 1 atom stereocenters. The number of hydrogen-bond acceptors (Lipinski definition) is 5. The van der Waals surface area contributed by atoms with Crippen LogP contribution in [-0.4, -0.2) is 24.3 Å². The van der Waals surface area contributed by atoms with E-state index in [-0.39, 0.29) is 10.9 Å². The first-order valence-corrected chi connectivity index (χ1v) is 10.7. The molecule has 0 spiro atoms. The van der Waals surface area contributed by atoms with Crippen LogP contribution in [0.5, 0.6) is 0 Å². The van der Waals surface area contributed by atoms with Crippen LogP contribution in [0.4, 0.5) is 0 Å². The van der Waals surface area contributed by atoms with Crippen LogP contribution >= 0.6 is 11.3 Å². The Balaban J connectivity index is 1.73. The predicted molar refractivity (Wildman–Crippen MR) is 101 cm³/mol. The number of thiazole rings is 1. The standard InChI is InChI=1S/C19H17N3O2S2/c20-13-14-8-10-15(11-9-14)26(23,24)22-12-4-3-6-17(22)19-21-16-5-1-2-7-18(16)25-19/h1-2,5,7-11,17H,3-4,6,12H2. The van der Waals surface area contributed by atoms with E-state index in [4.69, 9.17) is 10.2 Å². The second-order valence-corrected chi connectivity index (χ2v) is 9.24. The maximum absolute atomic E-state index is 13.2. The zero-order valence-corrected chi connectivity index (χ0v) is 15.6. The molecule has 0 amide bonds. The number of para-hydroxylation sites is 1. The minimum atomic E-state index is -3.63. The Morgan fingerprint density at radius 3 is 2.62 bits per heavy atom. The van der Waals surface area contributed by atoms with Crippen LogP contribution in [0.3, 0.4) is 0 Å². The van der Waals surface area contributed by atoms with Crippen molar-refractivity contribution in [3.05, 3.63) is 59.1 Å². The van der Waals surface area contributed by atoms with E-state index in [1.54, 1.807) is 27.8 Å². The number of hydrogen-bond donors (Lipinski definition) is 0. The molecule has 1 aliphatic heterocycles. The van der Waals surface area contributed by atoms with Crippen molar-refractivity contribution in [2.24, 2.45) is 0 Å². The molecule has 0 radical (unpaired) electrons. The monoisotopic (exact) mass is 383 g/mol. The van der Waals surface area contributed by atoms with E-state index in [2.05, 4.69) is 0 Å². The molecule has 132 valence electrons. The highest BCUT2D eigenvalue weighted by atomic mass is 32.2. The third kappa shape index (κ3) is 3.01. The summed E-state index contributed by atoms with van der Waals surface area (Å²) in [6.45, 7) is 0.489. The van der Waals surface area contributed by atoms with Gasteiger partial charge >= 0.3 is 0 Å². The number of aromatic nitrogens is 1. The van der Waals surface area contributed by atoms with Gasteiger partial charge in [0.05, 0.1) is 32.8 Å². The summed E-state index contributed by atoms with van der Waals surface area (Å²) in [5.74, 6) is 0. The summed E-state index contributed by atoms with van der Waals surface area (Å²) in [4.78, 5) is 4.92. The average Bonchev–Trinajstić information content (AvgIpc) is 3.12. The lowest BCUT2D eigenvalue weighted by molar-refractivity contribution is 0.255. The fraction of sp³-hybridized carbons (Fsp3) is 0.263. The maximum atomic E-state index is 13.2. The van der Waals surface area contributed by atoms with Crippen molar-refractivity contribution in [2.75, 3.05) is 6.54 Å². The van der Waals surface area contributed by atoms with Crippen molar-refractivity contribution in [1.29, 1.82) is 5.26 Å². The van der Waals surface area contributed by atoms with Gasteiger partial charge in [-0.05, 0) is 49.2 Å². The number of sulfonamides is 1. The van der Waals surface area contributed by atoms with Crippen molar-refractivity contribution >= 4 is 31.6 Å². The van der Waals surface area contributed by atoms with Gasteiger partial charge in [-0.3, -0.25) is 0 Å². The average molecular weight is 383 g/mol. The number of fused-ring (bicyclic) bond motifs is 1. The zero-order valence-electron chi connectivity index (χ0n) is 14.0. The highest BCUT2D eigenvalue weighted by Gasteiger charge is 2.36. The van der Waals surface area contributed by atoms with Crippen LogP contribution in [0.1, 0.15) is 35.9 Å². The lowest BCUT2D eigenvalue weighted by atomic mass is 10.1. The summed E-state index contributed by atoms with van der Waals surface area (Å²) in [7, 11) is -3.63. The summed E-state index contributed by atoms with van der Waals surface area (Å²) in [5.41, 5.74) is 1.36. The van der Waals surface area contributed by atoms with Crippen LogP contribution in [0.25, 0.3) is 10.2 Å². The first-order chi connectivity index (χ1) is 12.6. The minimum absolute atomic E-state index is 0.226.